The molecule has 1 aliphatic rings. The molecular weight excluding hydrogens is 246 g/mol. The van der Waals surface area contributed by atoms with Crippen LogP contribution in [-0.2, 0) is 0 Å². The van der Waals surface area contributed by atoms with Crippen molar-refractivity contribution in [2.24, 2.45) is 17.8 Å². The van der Waals surface area contributed by atoms with E-state index < -0.39 is 0 Å². The van der Waals surface area contributed by atoms with E-state index in [0.717, 1.165) is 31.2 Å². The molecule has 1 aliphatic carbocycles. The molecule has 3 unspecified atom stereocenters. The van der Waals surface area contributed by atoms with Gasteiger partial charge in [0.25, 0.3) is 0 Å². The summed E-state index contributed by atoms with van der Waals surface area (Å²) >= 11 is 0. The number of nitrogens with zero attached hydrogens (tertiary/aromatic N) is 1. The lowest BCUT2D eigenvalue weighted by atomic mass is 9.74. The summed E-state index contributed by atoms with van der Waals surface area (Å²) in [7, 11) is 2.15. The van der Waals surface area contributed by atoms with Crippen molar-refractivity contribution in [1.29, 1.82) is 0 Å². The maximum atomic E-state index is 10.3. The Morgan fingerprint density at radius 1 is 1.25 bits per heavy atom. The molecule has 1 fully saturated rings. The number of aryl methyl sites for hydroxylation is 1. The van der Waals surface area contributed by atoms with Crippen LogP contribution in [0.3, 0.4) is 0 Å². The molecular formula is C18H29NO. The minimum absolute atomic E-state index is 0.128. The predicted octanol–water partition coefficient (Wildman–Crippen LogP) is 3.86. The van der Waals surface area contributed by atoms with Crippen molar-refractivity contribution in [2.75, 3.05) is 18.5 Å². The van der Waals surface area contributed by atoms with Gasteiger partial charge < -0.3 is 10.0 Å². The minimum Gasteiger partial charge on any atom is -0.393 e. The smallest absolute Gasteiger partial charge is 0.0585 e. The number of rotatable bonds is 4. The summed E-state index contributed by atoms with van der Waals surface area (Å²) in [5, 5.41) is 10.3. The zero-order valence-corrected chi connectivity index (χ0v) is 13.3. The molecule has 1 N–H and O–H groups in total. The van der Waals surface area contributed by atoms with Crippen molar-refractivity contribution in [2.45, 2.75) is 46.1 Å². The van der Waals surface area contributed by atoms with E-state index in [-0.39, 0.29) is 6.10 Å². The maximum Gasteiger partial charge on any atom is 0.0585 e. The number of hydrogen-bond acceptors (Lipinski definition) is 2. The zero-order chi connectivity index (χ0) is 14.7. The molecule has 112 valence electrons. The van der Waals surface area contributed by atoms with Crippen LogP contribution in [0.4, 0.5) is 5.69 Å². The summed E-state index contributed by atoms with van der Waals surface area (Å²) in [5.74, 6) is 1.91. The number of anilines is 1. The van der Waals surface area contributed by atoms with Crippen LogP contribution in [0.25, 0.3) is 0 Å². The van der Waals surface area contributed by atoms with Crippen molar-refractivity contribution >= 4 is 5.69 Å². The Bertz CT molecular complexity index is 429. The van der Waals surface area contributed by atoms with Crippen molar-refractivity contribution in [1.82, 2.24) is 0 Å². The molecule has 0 bridgehead atoms. The first-order valence-electron chi connectivity index (χ1n) is 7.94. The standard InChI is InChI=1S/C18H29NO/c1-13(2)15-9-10-18(20)16(11-15)12-19(4)17-8-6-5-7-14(17)3/h5-8,13,15-16,18,20H,9-12H2,1-4H3. The van der Waals surface area contributed by atoms with E-state index >= 15 is 0 Å². The first-order valence-corrected chi connectivity index (χ1v) is 7.94. The number of hydrogen-bond donors (Lipinski definition) is 1. The summed E-state index contributed by atoms with van der Waals surface area (Å²) in [4.78, 5) is 2.31. The van der Waals surface area contributed by atoms with E-state index in [4.69, 9.17) is 0 Å². The lowest BCUT2D eigenvalue weighted by molar-refractivity contribution is 0.0414. The van der Waals surface area contributed by atoms with Gasteiger partial charge in [-0.2, -0.15) is 0 Å². The van der Waals surface area contributed by atoms with Gasteiger partial charge in [-0.3, -0.25) is 0 Å². The van der Waals surface area contributed by atoms with Crippen LogP contribution in [0, 0.1) is 24.7 Å². The van der Waals surface area contributed by atoms with E-state index in [1.54, 1.807) is 0 Å². The highest BCUT2D eigenvalue weighted by molar-refractivity contribution is 5.52. The zero-order valence-electron chi connectivity index (χ0n) is 13.3. The molecule has 20 heavy (non-hydrogen) atoms. The van der Waals surface area contributed by atoms with E-state index in [0.29, 0.717) is 5.92 Å². The molecule has 0 radical (unpaired) electrons. The van der Waals surface area contributed by atoms with Gasteiger partial charge in [0.2, 0.25) is 0 Å². The van der Waals surface area contributed by atoms with Crippen molar-refractivity contribution in [3.05, 3.63) is 29.8 Å². The molecule has 0 spiro atoms. The van der Waals surface area contributed by atoms with E-state index in [1.807, 2.05) is 0 Å². The summed E-state index contributed by atoms with van der Waals surface area (Å²) in [6.45, 7) is 7.73. The Morgan fingerprint density at radius 2 is 1.95 bits per heavy atom. The summed E-state index contributed by atoms with van der Waals surface area (Å²) in [6, 6.07) is 8.49. The summed E-state index contributed by atoms with van der Waals surface area (Å²) < 4.78 is 0. The molecule has 2 heteroatoms. The molecule has 0 aliphatic heterocycles. The van der Waals surface area contributed by atoms with Gasteiger partial charge in [-0.15, -0.1) is 0 Å². The third kappa shape index (κ3) is 3.54. The molecule has 1 aromatic carbocycles. The van der Waals surface area contributed by atoms with Crippen LogP contribution in [0.2, 0.25) is 0 Å². The van der Waals surface area contributed by atoms with Crippen molar-refractivity contribution in [3.63, 3.8) is 0 Å². The molecule has 0 amide bonds. The number of aliphatic hydroxyl groups is 1. The predicted molar refractivity (Wildman–Crippen MR) is 86.1 cm³/mol. The molecule has 3 atom stereocenters. The molecule has 0 aromatic heterocycles. The van der Waals surface area contributed by atoms with Crippen LogP contribution < -0.4 is 4.90 Å². The number of benzene rings is 1. The second-order valence-electron chi connectivity index (χ2n) is 6.81. The van der Waals surface area contributed by atoms with E-state index in [9.17, 15) is 5.11 Å². The third-order valence-electron chi connectivity index (χ3n) is 4.96. The SMILES string of the molecule is Cc1ccccc1N(C)CC1CC(C(C)C)CCC1O. The van der Waals surface area contributed by atoms with Crippen molar-refractivity contribution < 1.29 is 5.11 Å². The Hall–Kier alpha value is -1.02. The number of para-hydroxylation sites is 1. The average molecular weight is 275 g/mol. The second kappa shape index (κ2) is 6.62. The highest BCUT2D eigenvalue weighted by Gasteiger charge is 2.31. The highest BCUT2D eigenvalue weighted by Crippen LogP contribution is 2.35. The van der Waals surface area contributed by atoms with Gasteiger partial charge in [0.1, 0.15) is 0 Å². The lowest BCUT2D eigenvalue weighted by Gasteiger charge is -2.38. The fourth-order valence-corrected chi connectivity index (χ4v) is 3.53. The van der Waals surface area contributed by atoms with E-state index in [2.05, 4.69) is 57.0 Å². The Morgan fingerprint density at radius 3 is 2.60 bits per heavy atom. The molecule has 1 aromatic rings. The van der Waals surface area contributed by atoms with Crippen LogP contribution in [0.1, 0.15) is 38.7 Å². The largest absolute Gasteiger partial charge is 0.393 e. The van der Waals surface area contributed by atoms with Crippen LogP contribution in [0.5, 0.6) is 0 Å². The first kappa shape index (κ1) is 15.4. The Balaban J connectivity index is 2.02. The minimum atomic E-state index is -0.128. The van der Waals surface area contributed by atoms with Gasteiger partial charge in [-0.1, -0.05) is 32.0 Å². The van der Waals surface area contributed by atoms with Gasteiger partial charge >= 0.3 is 0 Å². The molecule has 2 nitrogen and oxygen atoms in total. The van der Waals surface area contributed by atoms with E-state index in [1.165, 1.54) is 17.7 Å². The summed E-state index contributed by atoms with van der Waals surface area (Å²) in [5.41, 5.74) is 2.59. The van der Waals surface area contributed by atoms with Gasteiger partial charge in [-0.25, -0.2) is 0 Å². The maximum absolute atomic E-state index is 10.3. The monoisotopic (exact) mass is 275 g/mol. The third-order valence-corrected chi connectivity index (χ3v) is 4.96. The Labute approximate surface area is 123 Å². The first-order chi connectivity index (χ1) is 9.49. The topological polar surface area (TPSA) is 23.5 Å². The summed E-state index contributed by atoms with van der Waals surface area (Å²) in [6.07, 6.45) is 3.18. The molecule has 0 saturated heterocycles. The van der Waals surface area contributed by atoms with Crippen LogP contribution >= 0.6 is 0 Å². The van der Waals surface area contributed by atoms with Gasteiger partial charge in [0.15, 0.2) is 0 Å². The van der Waals surface area contributed by atoms with Crippen molar-refractivity contribution in [3.8, 4) is 0 Å². The fourth-order valence-electron chi connectivity index (χ4n) is 3.53. The molecule has 1 saturated carbocycles. The normalized spacial score (nSPS) is 26.8. The van der Waals surface area contributed by atoms with Crippen LogP contribution in [0.15, 0.2) is 24.3 Å². The quantitative estimate of drug-likeness (QED) is 0.902. The second-order valence-corrected chi connectivity index (χ2v) is 6.81. The molecule has 2 rings (SSSR count). The number of aliphatic hydroxyl groups excluding tert-OH is 1. The highest BCUT2D eigenvalue weighted by atomic mass is 16.3. The lowest BCUT2D eigenvalue weighted by Crippen LogP contribution is -2.38. The Kier molecular flexibility index (Phi) is 5.09. The van der Waals surface area contributed by atoms with Crippen LogP contribution in [-0.4, -0.2) is 24.8 Å². The average Bonchev–Trinajstić information content (AvgIpc) is 2.41. The van der Waals surface area contributed by atoms with Gasteiger partial charge in [0, 0.05) is 25.2 Å². The fraction of sp³-hybridized carbons (Fsp3) is 0.667. The van der Waals surface area contributed by atoms with Gasteiger partial charge in [0.05, 0.1) is 6.10 Å². The van der Waals surface area contributed by atoms with Gasteiger partial charge in [-0.05, 0) is 49.7 Å². The molecule has 0 heterocycles.